The molecule has 1 heterocycles. The van der Waals surface area contributed by atoms with Crippen molar-refractivity contribution < 1.29 is 14.7 Å². The molecule has 27 heavy (non-hydrogen) atoms. The van der Waals surface area contributed by atoms with Crippen LogP contribution in [-0.4, -0.2) is 53.1 Å². The van der Waals surface area contributed by atoms with Crippen LogP contribution < -0.4 is 10.6 Å². The fourth-order valence-electron chi connectivity index (χ4n) is 3.52. The lowest BCUT2D eigenvalue weighted by Crippen LogP contribution is -2.48. The summed E-state index contributed by atoms with van der Waals surface area (Å²) in [5, 5.41) is 25.0. The molecule has 0 unspecified atom stereocenters. The van der Waals surface area contributed by atoms with Gasteiger partial charge in [-0.15, -0.1) is 0 Å². The second kappa shape index (κ2) is 7.97. The molecule has 0 radical (unpaired) electrons. The maximum absolute atomic E-state index is 12.8. The first-order valence-corrected chi connectivity index (χ1v) is 9.45. The monoisotopic (exact) mass is 370 g/mol. The number of hydrogen-bond acceptors (Lipinski definition) is 5. The Morgan fingerprint density at radius 1 is 1.33 bits per heavy atom. The number of benzene rings is 1. The molecule has 1 aromatic rings. The summed E-state index contributed by atoms with van der Waals surface area (Å²) in [5.41, 5.74) is 0.213. The zero-order chi connectivity index (χ0) is 19.4. The van der Waals surface area contributed by atoms with E-state index in [2.05, 4.69) is 16.7 Å². The molecule has 1 saturated heterocycles. The number of piperidine rings is 1. The predicted molar refractivity (Wildman–Crippen MR) is 101 cm³/mol. The quantitative estimate of drug-likeness (QED) is 0.704. The van der Waals surface area contributed by atoms with Gasteiger partial charge in [0, 0.05) is 18.8 Å². The Bertz CT molecular complexity index is 756. The molecule has 3 N–H and O–H groups in total. The lowest BCUT2D eigenvalue weighted by molar-refractivity contribution is -0.120. The third-order valence-corrected chi connectivity index (χ3v) is 5.31. The van der Waals surface area contributed by atoms with Gasteiger partial charge in [-0.25, -0.2) is 0 Å². The Kier molecular flexibility index (Phi) is 5.66. The van der Waals surface area contributed by atoms with Crippen LogP contribution >= 0.6 is 0 Å². The molecule has 7 nitrogen and oxygen atoms in total. The number of para-hydroxylation sites is 1. The fourth-order valence-corrected chi connectivity index (χ4v) is 3.52. The van der Waals surface area contributed by atoms with Crippen molar-refractivity contribution in [3.63, 3.8) is 0 Å². The number of hydrogen-bond donors (Lipinski definition) is 3. The Hall–Kier alpha value is -2.59. The van der Waals surface area contributed by atoms with Gasteiger partial charge in [0.05, 0.1) is 24.3 Å². The lowest BCUT2D eigenvalue weighted by atomic mass is 9.98. The average molecular weight is 370 g/mol. The van der Waals surface area contributed by atoms with Gasteiger partial charge < -0.3 is 20.6 Å². The number of likely N-dealkylation sites (tertiary alicyclic amines) is 1. The van der Waals surface area contributed by atoms with Gasteiger partial charge in [-0.05, 0) is 50.7 Å². The summed E-state index contributed by atoms with van der Waals surface area (Å²) in [5.74, 6) is -0.218. The Labute approximate surface area is 159 Å². The highest BCUT2D eigenvalue weighted by molar-refractivity contribution is 6.00. The molecule has 0 spiro atoms. The molecular weight excluding hydrogens is 344 g/mol. The maximum Gasteiger partial charge on any atom is 0.256 e. The van der Waals surface area contributed by atoms with Crippen LogP contribution in [0.25, 0.3) is 0 Å². The molecule has 1 aliphatic heterocycles. The zero-order valence-corrected chi connectivity index (χ0v) is 15.6. The summed E-state index contributed by atoms with van der Waals surface area (Å²) in [4.78, 5) is 26.8. The van der Waals surface area contributed by atoms with Crippen molar-refractivity contribution in [3.05, 3.63) is 29.8 Å². The topological polar surface area (TPSA) is 105 Å². The van der Waals surface area contributed by atoms with Crippen molar-refractivity contribution in [1.29, 1.82) is 5.26 Å². The highest BCUT2D eigenvalue weighted by Crippen LogP contribution is 2.39. The van der Waals surface area contributed by atoms with Gasteiger partial charge in [-0.2, -0.15) is 5.26 Å². The minimum Gasteiger partial charge on any atom is -0.391 e. The van der Waals surface area contributed by atoms with Gasteiger partial charge in [0.2, 0.25) is 5.91 Å². The van der Waals surface area contributed by atoms with Crippen molar-refractivity contribution >= 4 is 17.5 Å². The van der Waals surface area contributed by atoms with Gasteiger partial charge in [0.15, 0.2) is 0 Å². The molecule has 2 atom stereocenters. The van der Waals surface area contributed by atoms with Crippen LogP contribution in [0.2, 0.25) is 0 Å². The van der Waals surface area contributed by atoms with Gasteiger partial charge >= 0.3 is 0 Å². The van der Waals surface area contributed by atoms with Gasteiger partial charge in [-0.3, -0.25) is 9.59 Å². The van der Waals surface area contributed by atoms with Crippen LogP contribution in [0.15, 0.2) is 24.3 Å². The Balaban J connectivity index is 1.63. The number of amides is 2. The van der Waals surface area contributed by atoms with E-state index in [4.69, 9.17) is 0 Å². The number of rotatable bonds is 6. The lowest BCUT2D eigenvalue weighted by Gasteiger charge is -2.30. The van der Waals surface area contributed by atoms with Gasteiger partial charge in [0.25, 0.3) is 5.91 Å². The minimum absolute atomic E-state index is 0.0170. The fraction of sp³-hybridized carbons (Fsp3) is 0.550. The molecule has 2 fully saturated rings. The largest absolute Gasteiger partial charge is 0.391 e. The SMILES string of the molecule is C[C@](C#N)(NC(=O)CNc1ccccc1C(=O)N1CCC[C@@H](O)C1)C1CC1. The predicted octanol–water partition coefficient (Wildman–Crippen LogP) is 1.50. The summed E-state index contributed by atoms with van der Waals surface area (Å²) >= 11 is 0. The van der Waals surface area contributed by atoms with E-state index in [9.17, 15) is 20.0 Å². The number of nitriles is 1. The maximum atomic E-state index is 12.8. The Morgan fingerprint density at radius 3 is 2.74 bits per heavy atom. The first-order chi connectivity index (χ1) is 12.9. The van der Waals surface area contributed by atoms with Crippen molar-refractivity contribution in [2.24, 2.45) is 5.92 Å². The number of aliphatic hydroxyl groups is 1. The van der Waals surface area contributed by atoms with E-state index in [-0.39, 0.29) is 24.3 Å². The van der Waals surface area contributed by atoms with Crippen LogP contribution in [0.4, 0.5) is 5.69 Å². The van der Waals surface area contributed by atoms with Crippen molar-refractivity contribution in [3.8, 4) is 6.07 Å². The average Bonchev–Trinajstić information content (AvgIpc) is 3.52. The first kappa shape index (κ1) is 19.2. The summed E-state index contributed by atoms with van der Waals surface area (Å²) in [6, 6.07) is 9.25. The highest BCUT2D eigenvalue weighted by Gasteiger charge is 2.42. The second-order valence-electron chi connectivity index (χ2n) is 7.58. The van der Waals surface area contributed by atoms with Gasteiger partial charge in [0.1, 0.15) is 5.54 Å². The normalized spacial score (nSPS) is 21.7. The van der Waals surface area contributed by atoms with E-state index >= 15 is 0 Å². The van der Waals surface area contributed by atoms with Crippen LogP contribution in [0.3, 0.4) is 0 Å². The van der Waals surface area contributed by atoms with Gasteiger partial charge in [-0.1, -0.05) is 12.1 Å². The molecule has 144 valence electrons. The molecule has 1 aliphatic carbocycles. The highest BCUT2D eigenvalue weighted by atomic mass is 16.3. The second-order valence-corrected chi connectivity index (χ2v) is 7.58. The van der Waals surface area contributed by atoms with Crippen LogP contribution in [0, 0.1) is 17.2 Å². The number of anilines is 1. The number of carbonyl (C=O) groups excluding carboxylic acids is 2. The van der Waals surface area contributed by atoms with E-state index in [1.807, 2.05) is 0 Å². The zero-order valence-electron chi connectivity index (χ0n) is 15.6. The summed E-state index contributed by atoms with van der Waals surface area (Å²) < 4.78 is 0. The molecule has 3 rings (SSSR count). The van der Waals surface area contributed by atoms with E-state index in [0.717, 1.165) is 19.3 Å². The molecule has 0 aromatic heterocycles. The van der Waals surface area contributed by atoms with E-state index in [1.165, 1.54) is 0 Å². The van der Waals surface area contributed by atoms with Crippen LogP contribution in [0.1, 0.15) is 43.0 Å². The number of β-amino-alcohol motifs (C(OH)–C–C–N with tert-alkyl or cyclic N) is 1. The molecule has 7 heteroatoms. The number of nitrogens with one attached hydrogen (secondary N) is 2. The van der Waals surface area contributed by atoms with E-state index in [1.54, 1.807) is 36.1 Å². The molecule has 2 amide bonds. The molecular formula is C20H26N4O3. The Morgan fingerprint density at radius 2 is 2.07 bits per heavy atom. The number of carbonyl (C=O) groups is 2. The standard InChI is InChI=1S/C20H26N4O3/c1-20(13-21,14-8-9-14)23-18(26)11-22-17-7-3-2-6-16(17)19(27)24-10-4-5-15(25)12-24/h2-3,6-7,14-15,22,25H,4-5,8-12H2,1H3,(H,23,26)/t15-,20-/m1/s1. The molecule has 0 bridgehead atoms. The van der Waals surface area contributed by atoms with E-state index < -0.39 is 11.6 Å². The summed E-state index contributed by atoms with van der Waals surface area (Å²) in [6.07, 6.45) is 2.91. The number of nitrogens with zero attached hydrogens (tertiary/aromatic N) is 2. The van der Waals surface area contributed by atoms with Crippen molar-refractivity contribution in [1.82, 2.24) is 10.2 Å². The summed E-state index contributed by atoms with van der Waals surface area (Å²) in [6.45, 7) is 2.68. The molecule has 1 saturated carbocycles. The minimum atomic E-state index is -0.835. The smallest absolute Gasteiger partial charge is 0.256 e. The molecule has 1 aromatic carbocycles. The first-order valence-electron chi connectivity index (χ1n) is 9.45. The summed E-state index contributed by atoms with van der Waals surface area (Å²) in [7, 11) is 0. The van der Waals surface area contributed by atoms with Crippen LogP contribution in [0.5, 0.6) is 0 Å². The van der Waals surface area contributed by atoms with Crippen molar-refractivity contribution in [2.75, 3.05) is 25.0 Å². The third kappa shape index (κ3) is 4.58. The van der Waals surface area contributed by atoms with E-state index in [0.29, 0.717) is 30.8 Å². The number of aliphatic hydroxyl groups excluding tert-OH is 1. The van der Waals surface area contributed by atoms with Crippen molar-refractivity contribution in [2.45, 2.75) is 44.2 Å². The van der Waals surface area contributed by atoms with Crippen LogP contribution in [-0.2, 0) is 4.79 Å². The third-order valence-electron chi connectivity index (χ3n) is 5.31. The molecule has 2 aliphatic rings.